The minimum Gasteiger partial charge on any atom is -0.394 e. The molecule has 172 valence electrons. The molecule has 0 bridgehead atoms. The van der Waals surface area contributed by atoms with Crippen molar-refractivity contribution in [3.05, 3.63) is 48.0 Å². The first-order chi connectivity index (χ1) is 15.6. The van der Waals surface area contributed by atoms with Crippen molar-refractivity contribution in [3.8, 4) is 0 Å². The number of nitrogens with zero attached hydrogens (tertiary/aromatic N) is 4. The van der Waals surface area contributed by atoms with Crippen molar-refractivity contribution in [2.45, 2.75) is 70.1 Å². The number of rotatable bonds is 10. The monoisotopic (exact) mass is 441 g/mol. The second kappa shape index (κ2) is 10.4. The Morgan fingerprint density at radius 3 is 2.50 bits per heavy atom. The Kier molecular flexibility index (Phi) is 7.31. The van der Waals surface area contributed by atoms with E-state index in [2.05, 4.69) is 51.5 Å². The molecule has 0 unspecified atom stereocenters. The van der Waals surface area contributed by atoms with Gasteiger partial charge in [-0.25, -0.2) is 15.0 Å². The van der Waals surface area contributed by atoms with Crippen LogP contribution in [0, 0.1) is 0 Å². The van der Waals surface area contributed by atoms with E-state index in [4.69, 9.17) is 4.74 Å². The van der Waals surface area contributed by atoms with Crippen molar-refractivity contribution in [2.24, 2.45) is 0 Å². The summed E-state index contributed by atoms with van der Waals surface area (Å²) in [5.74, 6) is 0.573. The normalized spacial score (nSPS) is 23.1. The highest BCUT2D eigenvalue weighted by Gasteiger charge is 2.44. The van der Waals surface area contributed by atoms with E-state index in [0.29, 0.717) is 23.5 Å². The Balaban J connectivity index is 1.42. The zero-order valence-corrected chi connectivity index (χ0v) is 18.3. The lowest BCUT2D eigenvalue weighted by molar-refractivity contribution is -0.0511. The molecule has 0 spiro atoms. The van der Waals surface area contributed by atoms with E-state index in [9.17, 15) is 15.3 Å². The maximum absolute atomic E-state index is 10.3. The van der Waals surface area contributed by atoms with E-state index in [0.717, 1.165) is 12.0 Å². The molecule has 2 aromatic heterocycles. The molecule has 1 aromatic carbocycles. The Hall–Kier alpha value is -2.59. The summed E-state index contributed by atoms with van der Waals surface area (Å²) in [7, 11) is 0. The second-order valence-corrected chi connectivity index (χ2v) is 8.26. The molecule has 1 fully saturated rings. The molecular weight excluding hydrogens is 410 g/mol. The number of ether oxygens (including phenoxy) is 1. The standard InChI is InChI=1S/C23H31N5O4/c1-2-3-4-5-6-15-7-9-16(10-8-15)11-24-21-18-22(26-13-25-21)28(14-27-18)23-20(31)19(30)17(12-29)32-23/h7-10,13-14,17,19-20,23,29-31H,2-6,11-12H2,1H3,(H,24,25,26)/t17-,19-,20-,23-/m1/s1. The summed E-state index contributed by atoms with van der Waals surface area (Å²) in [5.41, 5.74) is 3.50. The fraction of sp³-hybridized carbons (Fsp3) is 0.522. The summed E-state index contributed by atoms with van der Waals surface area (Å²) < 4.78 is 7.16. The highest BCUT2D eigenvalue weighted by atomic mass is 16.6. The Labute approximate surface area is 187 Å². The number of nitrogens with one attached hydrogen (secondary N) is 1. The van der Waals surface area contributed by atoms with Gasteiger partial charge in [-0.3, -0.25) is 4.57 Å². The molecule has 3 aromatic rings. The lowest BCUT2D eigenvalue weighted by atomic mass is 10.0. The minimum absolute atomic E-state index is 0.388. The van der Waals surface area contributed by atoms with Crippen molar-refractivity contribution in [1.82, 2.24) is 19.5 Å². The largest absolute Gasteiger partial charge is 0.394 e. The number of aliphatic hydroxyl groups excluding tert-OH is 3. The van der Waals surface area contributed by atoms with Crippen molar-refractivity contribution in [2.75, 3.05) is 11.9 Å². The quantitative estimate of drug-likeness (QED) is 0.353. The topological polar surface area (TPSA) is 126 Å². The molecule has 1 aliphatic heterocycles. The number of hydrogen-bond donors (Lipinski definition) is 4. The fourth-order valence-electron chi connectivity index (χ4n) is 4.04. The molecule has 0 radical (unpaired) electrons. The van der Waals surface area contributed by atoms with Gasteiger partial charge in [0.05, 0.1) is 12.9 Å². The molecule has 9 heteroatoms. The third-order valence-electron chi connectivity index (χ3n) is 5.95. The van der Waals surface area contributed by atoms with E-state index >= 15 is 0 Å². The van der Waals surface area contributed by atoms with Gasteiger partial charge in [0.25, 0.3) is 0 Å². The molecule has 0 saturated carbocycles. The highest BCUT2D eigenvalue weighted by Crippen LogP contribution is 2.32. The molecule has 4 N–H and O–H groups in total. The maximum Gasteiger partial charge on any atom is 0.167 e. The number of aryl methyl sites for hydroxylation is 1. The minimum atomic E-state index is -1.20. The molecule has 4 rings (SSSR count). The van der Waals surface area contributed by atoms with Crippen LogP contribution in [0.15, 0.2) is 36.9 Å². The van der Waals surface area contributed by atoms with Crippen LogP contribution in [-0.4, -0.2) is 59.8 Å². The number of aliphatic hydroxyl groups is 3. The van der Waals surface area contributed by atoms with Crippen LogP contribution in [0.2, 0.25) is 0 Å². The van der Waals surface area contributed by atoms with E-state index in [-0.39, 0.29) is 6.61 Å². The van der Waals surface area contributed by atoms with E-state index in [1.165, 1.54) is 43.9 Å². The smallest absolute Gasteiger partial charge is 0.167 e. The van der Waals surface area contributed by atoms with E-state index < -0.39 is 24.5 Å². The molecule has 32 heavy (non-hydrogen) atoms. The predicted octanol–water partition coefficient (Wildman–Crippen LogP) is 2.17. The lowest BCUT2D eigenvalue weighted by Gasteiger charge is -2.16. The average Bonchev–Trinajstić information content (AvgIpc) is 3.37. The zero-order chi connectivity index (χ0) is 22.5. The van der Waals surface area contributed by atoms with Crippen molar-refractivity contribution in [1.29, 1.82) is 0 Å². The van der Waals surface area contributed by atoms with Gasteiger partial charge in [0.2, 0.25) is 0 Å². The van der Waals surface area contributed by atoms with Gasteiger partial charge in [0.1, 0.15) is 24.6 Å². The van der Waals surface area contributed by atoms with Gasteiger partial charge in [-0.05, 0) is 24.0 Å². The van der Waals surface area contributed by atoms with Crippen LogP contribution in [0.25, 0.3) is 11.2 Å². The summed E-state index contributed by atoms with van der Waals surface area (Å²) in [4.78, 5) is 13.0. The summed E-state index contributed by atoms with van der Waals surface area (Å²) in [6, 6.07) is 8.60. The predicted molar refractivity (Wildman–Crippen MR) is 120 cm³/mol. The first kappa shape index (κ1) is 22.6. The van der Waals surface area contributed by atoms with Gasteiger partial charge in [0.15, 0.2) is 23.2 Å². The summed E-state index contributed by atoms with van der Waals surface area (Å²) in [6.07, 6.45) is 4.94. The zero-order valence-electron chi connectivity index (χ0n) is 18.3. The molecule has 4 atom stereocenters. The van der Waals surface area contributed by atoms with Crippen LogP contribution >= 0.6 is 0 Å². The number of aromatic nitrogens is 4. The fourth-order valence-corrected chi connectivity index (χ4v) is 4.04. The Bertz CT molecular complexity index is 1010. The third kappa shape index (κ3) is 4.75. The molecule has 3 heterocycles. The van der Waals surface area contributed by atoms with E-state index in [1.807, 2.05) is 0 Å². The van der Waals surface area contributed by atoms with Gasteiger partial charge in [0, 0.05) is 6.54 Å². The van der Waals surface area contributed by atoms with Crippen molar-refractivity contribution in [3.63, 3.8) is 0 Å². The van der Waals surface area contributed by atoms with Crippen LogP contribution in [0.5, 0.6) is 0 Å². The Morgan fingerprint density at radius 1 is 1.00 bits per heavy atom. The van der Waals surface area contributed by atoms with Gasteiger partial charge < -0.3 is 25.4 Å². The number of fused-ring (bicyclic) bond motifs is 1. The number of hydrogen-bond acceptors (Lipinski definition) is 8. The average molecular weight is 442 g/mol. The summed E-state index contributed by atoms with van der Waals surface area (Å²) >= 11 is 0. The lowest BCUT2D eigenvalue weighted by Crippen LogP contribution is -2.33. The third-order valence-corrected chi connectivity index (χ3v) is 5.95. The number of imidazole rings is 1. The van der Waals surface area contributed by atoms with E-state index in [1.54, 1.807) is 4.57 Å². The summed E-state index contributed by atoms with van der Waals surface area (Å²) in [6.45, 7) is 2.42. The highest BCUT2D eigenvalue weighted by molar-refractivity contribution is 5.82. The number of benzene rings is 1. The SMILES string of the molecule is CCCCCCc1ccc(CNc2ncnc3c2ncn3[C@@H]2O[C@H](CO)[C@@H](O)[C@H]2O)cc1. The van der Waals surface area contributed by atoms with Crippen LogP contribution in [0.1, 0.15) is 50.0 Å². The number of unbranched alkanes of at least 4 members (excludes halogenated alkanes) is 3. The first-order valence-electron chi connectivity index (χ1n) is 11.2. The molecule has 1 aliphatic rings. The number of anilines is 1. The van der Waals surface area contributed by atoms with Gasteiger partial charge >= 0.3 is 0 Å². The first-order valence-corrected chi connectivity index (χ1v) is 11.2. The second-order valence-electron chi connectivity index (χ2n) is 8.26. The van der Waals surface area contributed by atoms with Crippen LogP contribution in [0.3, 0.4) is 0 Å². The molecule has 0 aliphatic carbocycles. The molecular formula is C23H31N5O4. The van der Waals surface area contributed by atoms with Crippen LogP contribution in [0.4, 0.5) is 5.82 Å². The van der Waals surface area contributed by atoms with Gasteiger partial charge in [-0.15, -0.1) is 0 Å². The van der Waals surface area contributed by atoms with Gasteiger partial charge in [-0.1, -0.05) is 50.5 Å². The van der Waals surface area contributed by atoms with Crippen molar-refractivity contribution < 1.29 is 20.1 Å². The Morgan fingerprint density at radius 2 is 1.78 bits per heavy atom. The molecule has 9 nitrogen and oxygen atoms in total. The van der Waals surface area contributed by atoms with Crippen LogP contribution in [-0.2, 0) is 17.7 Å². The van der Waals surface area contributed by atoms with Crippen molar-refractivity contribution >= 4 is 17.0 Å². The van der Waals surface area contributed by atoms with Crippen LogP contribution < -0.4 is 5.32 Å². The van der Waals surface area contributed by atoms with Gasteiger partial charge in [-0.2, -0.15) is 0 Å². The molecule has 0 amide bonds. The maximum atomic E-state index is 10.3. The summed E-state index contributed by atoms with van der Waals surface area (Å²) in [5, 5.41) is 33.0. The molecule has 1 saturated heterocycles.